The monoisotopic (exact) mass is 221 g/mol. The van der Waals surface area contributed by atoms with Gasteiger partial charge in [0.2, 0.25) is 0 Å². The van der Waals surface area contributed by atoms with Gasteiger partial charge in [0.15, 0.2) is 0 Å². The van der Waals surface area contributed by atoms with Crippen LogP contribution in [0.1, 0.15) is 32.8 Å². The number of aromatic hydroxyl groups is 1. The van der Waals surface area contributed by atoms with Crippen LogP contribution in [0.25, 0.3) is 0 Å². The summed E-state index contributed by atoms with van der Waals surface area (Å²) < 4.78 is 0. The predicted octanol–water partition coefficient (Wildman–Crippen LogP) is 2.96. The summed E-state index contributed by atoms with van der Waals surface area (Å²) in [5.74, 6) is 1.03. The van der Waals surface area contributed by atoms with Crippen molar-refractivity contribution in [2.24, 2.45) is 5.92 Å². The third-order valence-corrected chi connectivity index (χ3v) is 3.04. The fraction of sp³-hybridized carbons (Fsp3) is 0.571. The minimum Gasteiger partial charge on any atom is -0.508 e. The van der Waals surface area contributed by atoms with Gasteiger partial charge in [-0.1, -0.05) is 26.0 Å². The van der Waals surface area contributed by atoms with E-state index in [2.05, 4.69) is 26.1 Å². The Hall–Kier alpha value is -1.02. The topological polar surface area (TPSA) is 32.3 Å². The lowest BCUT2D eigenvalue weighted by molar-refractivity contribution is 0.424. The summed E-state index contributed by atoms with van der Waals surface area (Å²) in [7, 11) is 0. The standard InChI is InChI=1S/C14H23NO/c1-11(2)12(3)15-10-4-5-13-6-8-14(16)9-7-13/h6-9,11-12,15-16H,4-5,10H2,1-3H3. The van der Waals surface area contributed by atoms with Crippen LogP contribution in [-0.4, -0.2) is 17.7 Å². The number of hydrogen-bond acceptors (Lipinski definition) is 2. The molecule has 2 heteroatoms. The molecule has 1 unspecified atom stereocenters. The SMILES string of the molecule is CC(C)C(C)NCCCc1ccc(O)cc1. The highest BCUT2D eigenvalue weighted by atomic mass is 16.3. The molecule has 0 saturated heterocycles. The van der Waals surface area contributed by atoms with Crippen LogP contribution in [-0.2, 0) is 6.42 Å². The molecule has 1 atom stereocenters. The molecule has 0 aromatic heterocycles. The van der Waals surface area contributed by atoms with E-state index < -0.39 is 0 Å². The normalized spacial score (nSPS) is 13.0. The second-order valence-corrected chi connectivity index (χ2v) is 4.76. The summed E-state index contributed by atoms with van der Waals surface area (Å²) in [4.78, 5) is 0. The number of aryl methyl sites for hydroxylation is 1. The lowest BCUT2D eigenvalue weighted by Crippen LogP contribution is -2.31. The maximum absolute atomic E-state index is 9.15. The van der Waals surface area contributed by atoms with Crippen molar-refractivity contribution >= 4 is 0 Å². The first-order chi connectivity index (χ1) is 7.59. The van der Waals surface area contributed by atoms with E-state index in [-0.39, 0.29) is 0 Å². The number of phenols is 1. The molecule has 0 bridgehead atoms. The molecule has 0 radical (unpaired) electrons. The van der Waals surface area contributed by atoms with Crippen LogP contribution in [0, 0.1) is 5.92 Å². The second kappa shape index (κ2) is 6.54. The molecule has 0 aliphatic carbocycles. The molecule has 16 heavy (non-hydrogen) atoms. The maximum atomic E-state index is 9.15. The first-order valence-electron chi connectivity index (χ1n) is 6.11. The Kier molecular flexibility index (Phi) is 5.33. The highest BCUT2D eigenvalue weighted by Crippen LogP contribution is 2.10. The van der Waals surface area contributed by atoms with Crippen molar-refractivity contribution < 1.29 is 5.11 Å². The van der Waals surface area contributed by atoms with Crippen LogP contribution in [0.5, 0.6) is 5.75 Å². The molecule has 90 valence electrons. The molecule has 0 aliphatic heterocycles. The summed E-state index contributed by atoms with van der Waals surface area (Å²) in [6, 6.07) is 8.06. The molecule has 0 aliphatic rings. The largest absolute Gasteiger partial charge is 0.508 e. The van der Waals surface area contributed by atoms with Crippen LogP contribution in [0.4, 0.5) is 0 Å². The van der Waals surface area contributed by atoms with Crippen LogP contribution >= 0.6 is 0 Å². The number of rotatable bonds is 6. The molecule has 1 rings (SSSR count). The number of hydrogen-bond donors (Lipinski definition) is 2. The van der Waals surface area contributed by atoms with E-state index in [1.54, 1.807) is 12.1 Å². The van der Waals surface area contributed by atoms with Gasteiger partial charge in [0.05, 0.1) is 0 Å². The van der Waals surface area contributed by atoms with Crippen molar-refractivity contribution in [2.75, 3.05) is 6.54 Å². The Morgan fingerprint density at radius 1 is 1.12 bits per heavy atom. The molecule has 0 heterocycles. The van der Waals surface area contributed by atoms with Gasteiger partial charge in [0, 0.05) is 6.04 Å². The molecule has 0 saturated carbocycles. The molecule has 0 amide bonds. The summed E-state index contributed by atoms with van der Waals surface area (Å²) in [6.07, 6.45) is 2.21. The van der Waals surface area contributed by atoms with Gasteiger partial charge in [-0.3, -0.25) is 0 Å². The highest BCUT2D eigenvalue weighted by molar-refractivity contribution is 5.25. The third-order valence-electron chi connectivity index (χ3n) is 3.04. The van der Waals surface area contributed by atoms with E-state index in [9.17, 15) is 0 Å². The van der Waals surface area contributed by atoms with Gasteiger partial charge >= 0.3 is 0 Å². The van der Waals surface area contributed by atoms with Crippen molar-refractivity contribution in [1.29, 1.82) is 0 Å². The molecule has 1 aromatic carbocycles. The lowest BCUT2D eigenvalue weighted by atomic mass is 10.1. The van der Waals surface area contributed by atoms with Gasteiger partial charge in [0.1, 0.15) is 5.75 Å². The second-order valence-electron chi connectivity index (χ2n) is 4.76. The smallest absolute Gasteiger partial charge is 0.115 e. The summed E-state index contributed by atoms with van der Waals surface area (Å²) in [5.41, 5.74) is 1.29. The van der Waals surface area contributed by atoms with Crippen molar-refractivity contribution in [2.45, 2.75) is 39.7 Å². The fourth-order valence-electron chi connectivity index (χ4n) is 1.52. The first kappa shape index (κ1) is 13.0. The summed E-state index contributed by atoms with van der Waals surface area (Å²) in [5, 5.41) is 12.7. The lowest BCUT2D eigenvalue weighted by Gasteiger charge is -2.17. The average molecular weight is 221 g/mol. The summed E-state index contributed by atoms with van der Waals surface area (Å²) in [6.45, 7) is 7.75. The average Bonchev–Trinajstić information content (AvgIpc) is 2.26. The first-order valence-corrected chi connectivity index (χ1v) is 6.11. The quantitative estimate of drug-likeness (QED) is 0.724. The third kappa shape index (κ3) is 4.67. The van der Waals surface area contributed by atoms with Crippen LogP contribution in [0.3, 0.4) is 0 Å². The van der Waals surface area contributed by atoms with Crippen LogP contribution < -0.4 is 5.32 Å². The van der Waals surface area contributed by atoms with Crippen molar-refractivity contribution in [3.05, 3.63) is 29.8 Å². The van der Waals surface area contributed by atoms with E-state index in [1.165, 1.54) is 5.56 Å². The Balaban J connectivity index is 2.18. The highest BCUT2D eigenvalue weighted by Gasteiger charge is 2.04. The molecule has 2 nitrogen and oxygen atoms in total. The number of nitrogens with one attached hydrogen (secondary N) is 1. The van der Waals surface area contributed by atoms with Crippen LogP contribution in [0.15, 0.2) is 24.3 Å². The fourth-order valence-corrected chi connectivity index (χ4v) is 1.52. The predicted molar refractivity (Wildman–Crippen MR) is 68.7 cm³/mol. The zero-order chi connectivity index (χ0) is 12.0. The Morgan fingerprint density at radius 3 is 2.31 bits per heavy atom. The number of phenolic OH excluding ortho intramolecular Hbond substituents is 1. The molecule has 0 fully saturated rings. The maximum Gasteiger partial charge on any atom is 0.115 e. The van der Waals surface area contributed by atoms with Crippen molar-refractivity contribution in [3.63, 3.8) is 0 Å². The minimum atomic E-state index is 0.343. The van der Waals surface area contributed by atoms with Gasteiger partial charge in [0.25, 0.3) is 0 Å². The van der Waals surface area contributed by atoms with Gasteiger partial charge < -0.3 is 10.4 Å². The van der Waals surface area contributed by atoms with E-state index in [4.69, 9.17) is 5.11 Å². The Morgan fingerprint density at radius 2 is 1.75 bits per heavy atom. The zero-order valence-corrected chi connectivity index (χ0v) is 10.5. The molecule has 1 aromatic rings. The number of benzene rings is 1. The van der Waals surface area contributed by atoms with Crippen molar-refractivity contribution in [3.8, 4) is 5.75 Å². The zero-order valence-electron chi connectivity index (χ0n) is 10.5. The molecular weight excluding hydrogens is 198 g/mol. The van der Waals surface area contributed by atoms with Gasteiger partial charge in [-0.25, -0.2) is 0 Å². The van der Waals surface area contributed by atoms with E-state index in [0.717, 1.165) is 19.4 Å². The van der Waals surface area contributed by atoms with Gasteiger partial charge in [-0.15, -0.1) is 0 Å². The molecular formula is C14H23NO. The van der Waals surface area contributed by atoms with E-state index in [1.807, 2.05) is 12.1 Å². The van der Waals surface area contributed by atoms with Gasteiger partial charge in [-0.2, -0.15) is 0 Å². The van der Waals surface area contributed by atoms with Crippen LogP contribution in [0.2, 0.25) is 0 Å². The van der Waals surface area contributed by atoms with E-state index >= 15 is 0 Å². The molecule has 2 N–H and O–H groups in total. The minimum absolute atomic E-state index is 0.343. The molecule has 0 spiro atoms. The van der Waals surface area contributed by atoms with E-state index in [0.29, 0.717) is 17.7 Å². The Labute approximate surface area is 98.7 Å². The van der Waals surface area contributed by atoms with Gasteiger partial charge in [-0.05, 0) is 49.9 Å². The Bertz CT molecular complexity index is 292. The van der Waals surface area contributed by atoms with Crippen molar-refractivity contribution in [1.82, 2.24) is 5.32 Å². The summed E-state index contributed by atoms with van der Waals surface area (Å²) >= 11 is 0.